The van der Waals surface area contributed by atoms with Crippen molar-refractivity contribution in [2.45, 2.75) is 12.8 Å². The van der Waals surface area contributed by atoms with Crippen molar-refractivity contribution in [1.82, 2.24) is 4.90 Å². The van der Waals surface area contributed by atoms with Crippen LogP contribution < -0.4 is 5.73 Å². The first kappa shape index (κ1) is 14.1. The molecule has 1 fully saturated rings. The third-order valence-corrected chi connectivity index (χ3v) is 3.23. The van der Waals surface area contributed by atoms with E-state index in [1.54, 1.807) is 6.07 Å². The van der Waals surface area contributed by atoms with E-state index in [2.05, 4.69) is 0 Å². The number of hydrogen-bond acceptors (Lipinski definition) is 5. The van der Waals surface area contributed by atoms with E-state index in [1.807, 2.05) is 0 Å². The highest BCUT2D eigenvalue weighted by Gasteiger charge is 2.27. The van der Waals surface area contributed by atoms with E-state index in [1.165, 1.54) is 17.2 Å². The summed E-state index contributed by atoms with van der Waals surface area (Å²) >= 11 is 0. The summed E-state index contributed by atoms with van der Waals surface area (Å²) in [5.74, 6) is -1.71. The molecule has 0 saturated carbocycles. The molecule has 7 heteroatoms. The molecule has 0 radical (unpaired) electrons. The molecule has 7 nitrogen and oxygen atoms in total. The Kier molecular flexibility index (Phi) is 4.39. The second kappa shape index (κ2) is 6.23. The molecular weight excluding hydrogens is 264 g/mol. The largest absolute Gasteiger partial charge is 0.457 e. The maximum absolute atomic E-state index is 11.9. The average Bonchev–Trinajstić information content (AvgIpc) is 2.98. The lowest BCUT2D eigenvalue weighted by Gasteiger charge is -2.30. The Morgan fingerprint density at radius 1 is 1.45 bits per heavy atom. The summed E-state index contributed by atoms with van der Waals surface area (Å²) in [7, 11) is 0. The van der Waals surface area contributed by atoms with Gasteiger partial charge in [-0.3, -0.25) is 9.59 Å². The van der Waals surface area contributed by atoms with Gasteiger partial charge in [0.25, 0.3) is 5.91 Å². The predicted molar refractivity (Wildman–Crippen MR) is 67.5 cm³/mol. The lowest BCUT2D eigenvalue weighted by Crippen LogP contribution is -2.45. The number of likely N-dealkylation sites (tertiary alicyclic amines) is 1. The van der Waals surface area contributed by atoms with Crippen molar-refractivity contribution in [2.24, 2.45) is 11.7 Å². The Hall–Kier alpha value is -2.31. The smallest absolute Gasteiger partial charge is 0.374 e. The molecule has 2 heterocycles. The highest BCUT2D eigenvalue weighted by Crippen LogP contribution is 2.16. The van der Waals surface area contributed by atoms with Crippen LogP contribution in [0.4, 0.5) is 0 Å². The van der Waals surface area contributed by atoms with E-state index in [9.17, 15) is 14.4 Å². The number of hydrogen-bond donors (Lipinski definition) is 1. The first-order valence-corrected chi connectivity index (χ1v) is 6.35. The zero-order chi connectivity index (χ0) is 14.5. The van der Waals surface area contributed by atoms with Crippen LogP contribution in [0, 0.1) is 5.92 Å². The zero-order valence-electron chi connectivity index (χ0n) is 10.9. The van der Waals surface area contributed by atoms with E-state index in [-0.39, 0.29) is 30.7 Å². The van der Waals surface area contributed by atoms with Crippen molar-refractivity contribution in [3.63, 3.8) is 0 Å². The number of piperidine rings is 1. The topological polar surface area (TPSA) is 103 Å². The second-order valence-electron chi connectivity index (χ2n) is 4.63. The minimum atomic E-state index is -0.688. The molecule has 1 aromatic rings. The first-order chi connectivity index (χ1) is 9.58. The molecule has 2 rings (SSSR count). The summed E-state index contributed by atoms with van der Waals surface area (Å²) in [5, 5.41) is 0. The molecular formula is C13H16N2O5. The van der Waals surface area contributed by atoms with Gasteiger partial charge in [0.2, 0.25) is 11.7 Å². The molecule has 0 unspecified atom stereocenters. The summed E-state index contributed by atoms with van der Waals surface area (Å²) < 4.78 is 9.72. The van der Waals surface area contributed by atoms with Gasteiger partial charge in [-0.2, -0.15) is 0 Å². The number of amides is 2. The lowest BCUT2D eigenvalue weighted by molar-refractivity contribution is -0.137. The Balaban J connectivity index is 1.82. The third kappa shape index (κ3) is 3.37. The minimum absolute atomic E-state index is 0.0476. The molecule has 108 valence electrons. The minimum Gasteiger partial charge on any atom is -0.457 e. The molecule has 0 spiro atoms. The van der Waals surface area contributed by atoms with Crippen molar-refractivity contribution in [2.75, 3.05) is 19.7 Å². The van der Waals surface area contributed by atoms with E-state index < -0.39 is 11.9 Å². The molecule has 2 amide bonds. The van der Waals surface area contributed by atoms with Gasteiger partial charge in [-0.05, 0) is 25.0 Å². The fraction of sp³-hybridized carbons (Fsp3) is 0.462. The fourth-order valence-electron chi connectivity index (χ4n) is 2.12. The van der Waals surface area contributed by atoms with Gasteiger partial charge in [-0.1, -0.05) is 0 Å². The molecule has 1 aliphatic rings. The standard InChI is InChI=1S/C13H16N2O5/c14-12(17)9-3-1-5-15(7-9)11(16)8-20-13(18)10-4-2-6-19-10/h2,4,6,9H,1,3,5,7-8H2,(H2,14,17)/t9-/m0/s1. The van der Waals surface area contributed by atoms with Gasteiger partial charge in [-0.15, -0.1) is 0 Å². The molecule has 1 aliphatic heterocycles. The Labute approximate surface area is 115 Å². The number of rotatable bonds is 4. The van der Waals surface area contributed by atoms with Crippen LogP contribution in [-0.4, -0.2) is 42.4 Å². The first-order valence-electron chi connectivity index (χ1n) is 6.35. The number of nitrogens with two attached hydrogens (primary N) is 1. The molecule has 0 bridgehead atoms. The quantitative estimate of drug-likeness (QED) is 0.791. The number of primary amides is 1. The maximum atomic E-state index is 11.9. The van der Waals surface area contributed by atoms with Gasteiger partial charge in [0.15, 0.2) is 6.61 Å². The number of ether oxygens (including phenoxy) is 1. The highest BCUT2D eigenvalue weighted by atomic mass is 16.5. The van der Waals surface area contributed by atoms with Gasteiger partial charge in [0.05, 0.1) is 12.2 Å². The van der Waals surface area contributed by atoms with Crippen molar-refractivity contribution in [3.05, 3.63) is 24.2 Å². The Morgan fingerprint density at radius 3 is 2.90 bits per heavy atom. The molecule has 20 heavy (non-hydrogen) atoms. The lowest BCUT2D eigenvalue weighted by atomic mass is 9.97. The van der Waals surface area contributed by atoms with Crippen molar-refractivity contribution in [3.8, 4) is 0 Å². The number of esters is 1. The second-order valence-corrected chi connectivity index (χ2v) is 4.63. The Morgan fingerprint density at radius 2 is 2.25 bits per heavy atom. The van der Waals surface area contributed by atoms with Crippen LogP contribution in [0.5, 0.6) is 0 Å². The monoisotopic (exact) mass is 280 g/mol. The van der Waals surface area contributed by atoms with E-state index in [4.69, 9.17) is 14.9 Å². The number of nitrogens with zero attached hydrogens (tertiary/aromatic N) is 1. The average molecular weight is 280 g/mol. The van der Waals surface area contributed by atoms with Crippen LogP contribution in [0.25, 0.3) is 0 Å². The van der Waals surface area contributed by atoms with Gasteiger partial charge < -0.3 is 19.8 Å². The van der Waals surface area contributed by atoms with Crippen LogP contribution in [0.3, 0.4) is 0 Å². The fourth-order valence-corrected chi connectivity index (χ4v) is 2.12. The summed E-state index contributed by atoms with van der Waals surface area (Å²) in [6.45, 7) is 0.457. The van der Waals surface area contributed by atoms with Crippen LogP contribution in [-0.2, 0) is 14.3 Å². The van der Waals surface area contributed by atoms with Crippen LogP contribution in [0.15, 0.2) is 22.8 Å². The molecule has 0 aromatic carbocycles. The SMILES string of the molecule is NC(=O)[C@H]1CCCN(C(=O)COC(=O)c2ccco2)C1. The van der Waals surface area contributed by atoms with Gasteiger partial charge in [-0.25, -0.2) is 4.79 Å². The predicted octanol–water partition coefficient (Wildman–Crippen LogP) is 0.160. The van der Waals surface area contributed by atoms with E-state index in [0.717, 1.165) is 0 Å². The molecule has 1 atom stereocenters. The number of carbonyl (C=O) groups is 3. The van der Waals surface area contributed by atoms with E-state index >= 15 is 0 Å². The summed E-state index contributed by atoms with van der Waals surface area (Å²) in [5.41, 5.74) is 5.24. The summed E-state index contributed by atoms with van der Waals surface area (Å²) in [6, 6.07) is 3.01. The highest BCUT2D eigenvalue weighted by molar-refractivity contribution is 5.89. The van der Waals surface area contributed by atoms with E-state index in [0.29, 0.717) is 19.4 Å². The van der Waals surface area contributed by atoms with Crippen molar-refractivity contribution in [1.29, 1.82) is 0 Å². The van der Waals surface area contributed by atoms with Gasteiger partial charge >= 0.3 is 5.97 Å². The number of furan rings is 1. The molecule has 1 aromatic heterocycles. The van der Waals surface area contributed by atoms with Crippen molar-refractivity contribution >= 4 is 17.8 Å². The molecule has 0 aliphatic carbocycles. The number of carbonyl (C=O) groups excluding carboxylic acids is 3. The van der Waals surface area contributed by atoms with Crippen LogP contribution >= 0.6 is 0 Å². The van der Waals surface area contributed by atoms with Gasteiger partial charge in [0.1, 0.15) is 0 Å². The van der Waals surface area contributed by atoms with Gasteiger partial charge in [0, 0.05) is 13.1 Å². The summed E-state index contributed by atoms with van der Waals surface area (Å²) in [4.78, 5) is 36.0. The third-order valence-electron chi connectivity index (χ3n) is 3.23. The molecule has 1 saturated heterocycles. The maximum Gasteiger partial charge on any atom is 0.374 e. The summed E-state index contributed by atoms with van der Waals surface area (Å²) in [6.07, 6.45) is 2.75. The Bertz CT molecular complexity index is 497. The van der Waals surface area contributed by atoms with Crippen molar-refractivity contribution < 1.29 is 23.5 Å². The zero-order valence-corrected chi connectivity index (χ0v) is 10.9. The van der Waals surface area contributed by atoms with Crippen LogP contribution in [0.1, 0.15) is 23.4 Å². The normalized spacial score (nSPS) is 18.6. The molecule has 2 N–H and O–H groups in total. The van der Waals surface area contributed by atoms with Crippen LogP contribution in [0.2, 0.25) is 0 Å².